The zero-order valence-electron chi connectivity index (χ0n) is 10.7. The van der Waals surface area contributed by atoms with Crippen molar-refractivity contribution in [1.82, 2.24) is 5.32 Å². The predicted octanol–water partition coefficient (Wildman–Crippen LogP) is 2.04. The molecule has 98 valence electrons. The Morgan fingerprint density at radius 1 is 1.17 bits per heavy atom. The van der Waals surface area contributed by atoms with Crippen molar-refractivity contribution in [2.45, 2.75) is 26.0 Å². The van der Waals surface area contributed by atoms with E-state index in [-0.39, 0.29) is 6.10 Å². The van der Waals surface area contributed by atoms with Gasteiger partial charge in [0.15, 0.2) is 6.04 Å². The molecule has 1 amide bonds. The van der Waals surface area contributed by atoms with Gasteiger partial charge in [-0.15, -0.1) is 0 Å². The molecule has 0 aromatic heterocycles. The Hall–Kier alpha value is -2.04. The quantitative estimate of drug-likeness (QED) is 0.832. The first-order valence-electron chi connectivity index (χ1n) is 5.64. The number of carbonyl (C=O) groups excluding carboxylic acids is 2. The van der Waals surface area contributed by atoms with Gasteiger partial charge >= 0.3 is 12.1 Å². The van der Waals surface area contributed by atoms with Crippen molar-refractivity contribution in [3.8, 4) is 0 Å². The molecule has 5 nitrogen and oxygen atoms in total. The zero-order valence-corrected chi connectivity index (χ0v) is 10.7. The third-order valence-electron chi connectivity index (χ3n) is 2.17. The minimum atomic E-state index is -0.859. The average Bonchev–Trinajstić information content (AvgIpc) is 2.35. The number of rotatable bonds is 4. The van der Waals surface area contributed by atoms with E-state index in [4.69, 9.17) is 4.74 Å². The van der Waals surface area contributed by atoms with Gasteiger partial charge in [-0.05, 0) is 19.4 Å². The highest BCUT2D eigenvalue weighted by atomic mass is 16.6. The molecular weight excluding hydrogens is 234 g/mol. The van der Waals surface area contributed by atoms with Gasteiger partial charge in [-0.1, -0.05) is 30.3 Å². The molecule has 0 aliphatic heterocycles. The van der Waals surface area contributed by atoms with Gasteiger partial charge in [0.05, 0.1) is 13.2 Å². The summed E-state index contributed by atoms with van der Waals surface area (Å²) in [6.07, 6.45) is -0.900. The number of hydrogen-bond acceptors (Lipinski definition) is 4. The van der Waals surface area contributed by atoms with Crippen molar-refractivity contribution in [3.05, 3.63) is 35.9 Å². The first-order chi connectivity index (χ1) is 8.54. The minimum Gasteiger partial charge on any atom is -0.467 e. The van der Waals surface area contributed by atoms with Crippen LogP contribution in [0.3, 0.4) is 0 Å². The summed E-state index contributed by atoms with van der Waals surface area (Å²) in [7, 11) is 1.27. The second-order valence-electron chi connectivity index (χ2n) is 3.97. The molecule has 18 heavy (non-hydrogen) atoms. The number of nitrogens with one attached hydrogen (secondary N) is 1. The Labute approximate surface area is 106 Å². The molecular formula is C13H17NO4. The highest BCUT2D eigenvalue weighted by Gasteiger charge is 2.24. The molecule has 1 aromatic rings. The van der Waals surface area contributed by atoms with Gasteiger partial charge < -0.3 is 14.8 Å². The second-order valence-corrected chi connectivity index (χ2v) is 3.97. The molecule has 0 fully saturated rings. The van der Waals surface area contributed by atoms with Crippen LogP contribution in [0, 0.1) is 0 Å². The maximum absolute atomic E-state index is 11.6. The van der Waals surface area contributed by atoms with Crippen LogP contribution in [-0.2, 0) is 14.3 Å². The molecule has 0 aliphatic carbocycles. The standard InChI is InChI=1S/C13H17NO4/c1-9(2)18-13(16)14-11(12(15)17-3)10-7-5-4-6-8-10/h4-9,11H,1-3H3,(H,14,16). The molecule has 0 spiro atoms. The van der Waals surface area contributed by atoms with Gasteiger partial charge in [0.25, 0.3) is 0 Å². The van der Waals surface area contributed by atoms with E-state index in [0.717, 1.165) is 0 Å². The number of alkyl carbamates (subject to hydrolysis) is 1. The van der Waals surface area contributed by atoms with E-state index in [1.807, 2.05) is 6.07 Å². The molecule has 5 heteroatoms. The third kappa shape index (κ3) is 4.08. The number of benzene rings is 1. The highest BCUT2D eigenvalue weighted by molar-refractivity contribution is 5.82. The molecule has 0 saturated heterocycles. The summed E-state index contributed by atoms with van der Waals surface area (Å²) in [6.45, 7) is 3.46. The zero-order chi connectivity index (χ0) is 13.5. The summed E-state index contributed by atoms with van der Waals surface area (Å²) in [6, 6.07) is 7.99. The van der Waals surface area contributed by atoms with Crippen molar-refractivity contribution >= 4 is 12.1 Å². The van der Waals surface area contributed by atoms with Crippen molar-refractivity contribution < 1.29 is 19.1 Å². The number of hydrogen-bond donors (Lipinski definition) is 1. The summed E-state index contributed by atoms with van der Waals surface area (Å²) < 4.78 is 9.60. The Balaban J connectivity index is 2.80. The van der Waals surface area contributed by atoms with Gasteiger partial charge in [0.1, 0.15) is 0 Å². The topological polar surface area (TPSA) is 64.6 Å². The van der Waals surface area contributed by atoms with Crippen LogP contribution in [-0.4, -0.2) is 25.3 Å². The maximum Gasteiger partial charge on any atom is 0.408 e. The molecule has 1 rings (SSSR count). The SMILES string of the molecule is COC(=O)C(NC(=O)OC(C)C)c1ccccc1. The fraction of sp³-hybridized carbons (Fsp3) is 0.385. The highest BCUT2D eigenvalue weighted by Crippen LogP contribution is 2.14. The predicted molar refractivity (Wildman–Crippen MR) is 66.0 cm³/mol. The van der Waals surface area contributed by atoms with Crippen LogP contribution in [0.5, 0.6) is 0 Å². The lowest BCUT2D eigenvalue weighted by Crippen LogP contribution is -2.36. The molecule has 0 radical (unpaired) electrons. The van der Waals surface area contributed by atoms with E-state index < -0.39 is 18.1 Å². The Morgan fingerprint density at radius 3 is 2.28 bits per heavy atom. The molecule has 1 atom stereocenters. The van der Waals surface area contributed by atoms with Crippen molar-refractivity contribution in [2.24, 2.45) is 0 Å². The smallest absolute Gasteiger partial charge is 0.408 e. The van der Waals surface area contributed by atoms with Gasteiger partial charge in [-0.25, -0.2) is 9.59 Å². The van der Waals surface area contributed by atoms with E-state index in [2.05, 4.69) is 10.1 Å². The summed E-state index contributed by atoms with van der Waals surface area (Å²) in [5.41, 5.74) is 0.644. The molecule has 1 unspecified atom stereocenters. The average molecular weight is 251 g/mol. The molecule has 0 saturated carbocycles. The van der Waals surface area contributed by atoms with E-state index in [1.54, 1.807) is 38.1 Å². The fourth-order valence-corrected chi connectivity index (χ4v) is 1.41. The van der Waals surface area contributed by atoms with Crippen molar-refractivity contribution in [1.29, 1.82) is 0 Å². The number of esters is 1. The molecule has 0 heterocycles. The first-order valence-corrected chi connectivity index (χ1v) is 5.64. The van der Waals surface area contributed by atoms with Gasteiger partial charge in [-0.2, -0.15) is 0 Å². The van der Waals surface area contributed by atoms with E-state index in [1.165, 1.54) is 7.11 Å². The molecule has 1 aromatic carbocycles. The van der Waals surface area contributed by atoms with Gasteiger partial charge in [0.2, 0.25) is 0 Å². The van der Waals surface area contributed by atoms with Crippen LogP contribution in [0.15, 0.2) is 30.3 Å². The van der Waals surface area contributed by atoms with Crippen molar-refractivity contribution in [2.75, 3.05) is 7.11 Å². The summed E-state index contributed by atoms with van der Waals surface area (Å²) in [5.74, 6) is -0.540. The van der Waals surface area contributed by atoms with Crippen LogP contribution in [0.1, 0.15) is 25.5 Å². The normalized spacial score (nSPS) is 11.8. The molecule has 0 aliphatic rings. The first kappa shape index (κ1) is 14.0. The summed E-state index contributed by atoms with van der Waals surface area (Å²) >= 11 is 0. The van der Waals surface area contributed by atoms with E-state index in [0.29, 0.717) is 5.56 Å². The Kier molecular flexibility index (Phi) is 5.17. The number of methoxy groups -OCH3 is 1. The maximum atomic E-state index is 11.6. The lowest BCUT2D eigenvalue weighted by Gasteiger charge is -2.17. The number of amides is 1. The van der Waals surface area contributed by atoms with E-state index >= 15 is 0 Å². The van der Waals surface area contributed by atoms with Gasteiger partial charge in [0, 0.05) is 0 Å². The largest absolute Gasteiger partial charge is 0.467 e. The summed E-state index contributed by atoms with van der Waals surface area (Å²) in [5, 5.41) is 2.48. The van der Waals surface area contributed by atoms with Crippen LogP contribution in [0.4, 0.5) is 4.79 Å². The second kappa shape index (κ2) is 6.64. The van der Waals surface area contributed by atoms with Gasteiger partial charge in [-0.3, -0.25) is 0 Å². The number of ether oxygens (including phenoxy) is 2. The van der Waals surface area contributed by atoms with Crippen LogP contribution < -0.4 is 5.32 Å². The Bertz CT molecular complexity index is 403. The molecule has 1 N–H and O–H groups in total. The summed E-state index contributed by atoms with van der Waals surface area (Å²) in [4.78, 5) is 23.2. The third-order valence-corrected chi connectivity index (χ3v) is 2.17. The fourth-order valence-electron chi connectivity index (χ4n) is 1.41. The number of carbonyl (C=O) groups is 2. The lowest BCUT2D eigenvalue weighted by molar-refractivity contribution is -0.143. The minimum absolute atomic E-state index is 0.251. The monoisotopic (exact) mass is 251 g/mol. The lowest BCUT2D eigenvalue weighted by atomic mass is 10.1. The Morgan fingerprint density at radius 2 is 1.78 bits per heavy atom. The van der Waals surface area contributed by atoms with Crippen LogP contribution >= 0.6 is 0 Å². The van der Waals surface area contributed by atoms with E-state index in [9.17, 15) is 9.59 Å². The van der Waals surface area contributed by atoms with Crippen LogP contribution in [0.25, 0.3) is 0 Å². The molecule has 0 bridgehead atoms. The van der Waals surface area contributed by atoms with Crippen LogP contribution in [0.2, 0.25) is 0 Å². The van der Waals surface area contributed by atoms with Crippen molar-refractivity contribution in [3.63, 3.8) is 0 Å².